The highest BCUT2D eigenvalue weighted by molar-refractivity contribution is 6.03. The fraction of sp³-hybridized carbons (Fsp3) is 0.0476. The Morgan fingerprint density at radius 3 is 2.46 bits per heavy atom. The number of aromatic nitrogens is 3. The Morgan fingerprint density at radius 2 is 1.58 bits per heavy atom. The molecule has 5 rings (SSSR count). The van der Waals surface area contributed by atoms with Gasteiger partial charge in [-0.3, -0.25) is 0 Å². The van der Waals surface area contributed by atoms with Crippen molar-refractivity contribution in [3.63, 3.8) is 0 Å². The number of hydrogen-bond acceptors (Lipinski definition) is 2. The molecule has 0 bridgehead atoms. The highest BCUT2D eigenvalue weighted by Gasteiger charge is 2.15. The Bertz CT molecular complexity index is 1200. The van der Waals surface area contributed by atoms with Gasteiger partial charge in [0.05, 0.1) is 16.6 Å². The molecule has 0 N–H and O–H groups in total. The molecule has 0 aliphatic carbocycles. The van der Waals surface area contributed by atoms with E-state index < -0.39 is 0 Å². The van der Waals surface area contributed by atoms with Gasteiger partial charge in [0, 0.05) is 10.9 Å². The molecule has 0 spiro atoms. The van der Waals surface area contributed by atoms with E-state index >= 15 is 0 Å². The molecule has 0 radical (unpaired) electrons. The third-order valence-corrected chi connectivity index (χ3v) is 4.45. The van der Waals surface area contributed by atoms with Gasteiger partial charge in [0.1, 0.15) is 0 Å². The van der Waals surface area contributed by atoms with E-state index in [9.17, 15) is 0 Å². The normalized spacial score (nSPS) is 11.5. The van der Waals surface area contributed by atoms with Gasteiger partial charge in [-0.2, -0.15) is 5.10 Å². The maximum Gasteiger partial charge on any atom is 0.163 e. The third-order valence-electron chi connectivity index (χ3n) is 4.45. The summed E-state index contributed by atoms with van der Waals surface area (Å²) in [4.78, 5) is 4.87. The zero-order chi connectivity index (χ0) is 16.1. The maximum atomic E-state index is 4.87. The van der Waals surface area contributed by atoms with Crippen LogP contribution < -0.4 is 0 Å². The van der Waals surface area contributed by atoms with Gasteiger partial charge in [-0.1, -0.05) is 54.1 Å². The van der Waals surface area contributed by atoms with E-state index in [0.717, 1.165) is 38.7 Å². The summed E-state index contributed by atoms with van der Waals surface area (Å²) in [6, 6.07) is 25.0. The number of nitrogens with zero attached hydrogens (tertiary/aromatic N) is 3. The van der Waals surface area contributed by atoms with Gasteiger partial charge in [0.2, 0.25) is 0 Å². The van der Waals surface area contributed by atoms with Crippen LogP contribution in [0, 0.1) is 6.92 Å². The summed E-state index contributed by atoms with van der Waals surface area (Å²) >= 11 is 0. The van der Waals surface area contributed by atoms with Crippen LogP contribution in [0.3, 0.4) is 0 Å². The van der Waals surface area contributed by atoms with Crippen LogP contribution >= 0.6 is 0 Å². The van der Waals surface area contributed by atoms with E-state index in [0.29, 0.717) is 0 Å². The topological polar surface area (TPSA) is 30.2 Å². The number of rotatable bonds is 1. The third kappa shape index (κ3) is 1.85. The monoisotopic (exact) mass is 309 g/mol. The molecule has 3 aromatic carbocycles. The number of para-hydroxylation sites is 2. The Hall–Kier alpha value is -3.20. The molecule has 0 atom stereocenters. The van der Waals surface area contributed by atoms with Crippen LogP contribution in [0.15, 0.2) is 72.8 Å². The molecule has 0 aliphatic heterocycles. The number of hydrogen-bond donors (Lipinski definition) is 0. The molecule has 5 aromatic rings. The van der Waals surface area contributed by atoms with Gasteiger partial charge in [0.15, 0.2) is 5.65 Å². The van der Waals surface area contributed by atoms with Crippen molar-refractivity contribution in [2.24, 2.45) is 0 Å². The van der Waals surface area contributed by atoms with E-state index in [-0.39, 0.29) is 0 Å². The minimum absolute atomic E-state index is 0.903. The van der Waals surface area contributed by atoms with Crippen LogP contribution in [0.1, 0.15) is 5.56 Å². The van der Waals surface area contributed by atoms with Gasteiger partial charge in [-0.05, 0) is 36.8 Å². The average molecular weight is 309 g/mol. The zero-order valence-corrected chi connectivity index (χ0v) is 13.3. The van der Waals surface area contributed by atoms with Crippen LogP contribution in [0.4, 0.5) is 0 Å². The predicted molar refractivity (Wildman–Crippen MR) is 98.2 cm³/mol. The van der Waals surface area contributed by atoms with Crippen molar-refractivity contribution in [1.82, 2.24) is 14.6 Å². The first kappa shape index (κ1) is 13.3. The fourth-order valence-corrected chi connectivity index (χ4v) is 3.33. The minimum Gasteiger partial charge on any atom is -0.226 e. The standard InChI is InChI=1S/C21H15N3/c1-14-11-12-17-16(13-14)20(15-7-3-2-4-8-15)21-22-18-9-5-6-10-19(18)24(21)23-17/h2-13H,1H3. The lowest BCUT2D eigenvalue weighted by molar-refractivity contribution is 1.00. The molecule has 3 nitrogen and oxygen atoms in total. The van der Waals surface area contributed by atoms with Crippen molar-refractivity contribution in [2.75, 3.05) is 0 Å². The molecule has 0 amide bonds. The Labute approximate surface area is 139 Å². The largest absolute Gasteiger partial charge is 0.226 e. The van der Waals surface area contributed by atoms with Crippen molar-refractivity contribution in [3.8, 4) is 11.1 Å². The molecule has 114 valence electrons. The quantitative estimate of drug-likeness (QED) is 0.435. The highest BCUT2D eigenvalue weighted by atomic mass is 15.3. The SMILES string of the molecule is Cc1ccc2nn3c(nc4ccccc43)c(-c3ccccc3)c2c1. The minimum atomic E-state index is 0.903. The Kier molecular flexibility index (Phi) is 2.71. The Morgan fingerprint density at radius 1 is 0.792 bits per heavy atom. The lowest BCUT2D eigenvalue weighted by Gasteiger charge is -2.09. The first-order valence-electron chi connectivity index (χ1n) is 8.04. The predicted octanol–water partition coefficient (Wildman–Crippen LogP) is 5.01. The second-order valence-electron chi connectivity index (χ2n) is 6.10. The fourth-order valence-electron chi connectivity index (χ4n) is 3.33. The molecule has 0 saturated heterocycles. The first-order valence-corrected chi connectivity index (χ1v) is 8.04. The molecule has 0 fully saturated rings. The Balaban J connectivity index is 2.06. The number of imidazole rings is 1. The molecule has 3 heteroatoms. The van der Waals surface area contributed by atoms with E-state index in [1.807, 2.05) is 28.8 Å². The average Bonchev–Trinajstić information content (AvgIpc) is 2.98. The van der Waals surface area contributed by atoms with Crippen molar-refractivity contribution in [2.45, 2.75) is 6.92 Å². The number of fused-ring (bicyclic) bond motifs is 4. The summed E-state index contributed by atoms with van der Waals surface area (Å²) in [5, 5.41) is 5.99. The molecule has 0 unspecified atom stereocenters. The van der Waals surface area contributed by atoms with Gasteiger partial charge >= 0.3 is 0 Å². The highest BCUT2D eigenvalue weighted by Crippen LogP contribution is 2.33. The van der Waals surface area contributed by atoms with Crippen LogP contribution in [-0.2, 0) is 0 Å². The van der Waals surface area contributed by atoms with Crippen LogP contribution in [-0.4, -0.2) is 14.6 Å². The van der Waals surface area contributed by atoms with Gasteiger partial charge in [-0.15, -0.1) is 0 Å². The van der Waals surface area contributed by atoms with E-state index in [4.69, 9.17) is 10.1 Å². The van der Waals surface area contributed by atoms with Gasteiger partial charge in [0.25, 0.3) is 0 Å². The smallest absolute Gasteiger partial charge is 0.163 e. The van der Waals surface area contributed by atoms with E-state index in [1.165, 1.54) is 5.56 Å². The van der Waals surface area contributed by atoms with Crippen LogP contribution in [0.5, 0.6) is 0 Å². The van der Waals surface area contributed by atoms with Gasteiger partial charge in [-0.25, -0.2) is 9.50 Å². The van der Waals surface area contributed by atoms with Crippen molar-refractivity contribution in [1.29, 1.82) is 0 Å². The number of benzene rings is 3. The maximum absolute atomic E-state index is 4.87. The molecular weight excluding hydrogens is 294 g/mol. The molecule has 0 aliphatic rings. The molecule has 2 aromatic heterocycles. The molecule has 2 heterocycles. The van der Waals surface area contributed by atoms with Crippen molar-refractivity contribution < 1.29 is 0 Å². The molecule has 24 heavy (non-hydrogen) atoms. The van der Waals surface area contributed by atoms with Crippen molar-refractivity contribution in [3.05, 3.63) is 78.4 Å². The van der Waals surface area contributed by atoms with E-state index in [2.05, 4.69) is 55.5 Å². The van der Waals surface area contributed by atoms with Crippen LogP contribution in [0.2, 0.25) is 0 Å². The number of aryl methyl sites for hydroxylation is 1. The zero-order valence-electron chi connectivity index (χ0n) is 13.3. The first-order chi connectivity index (χ1) is 11.8. The second-order valence-corrected chi connectivity index (χ2v) is 6.10. The summed E-state index contributed by atoms with van der Waals surface area (Å²) in [6.45, 7) is 2.11. The summed E-state index contributed by atoms with van der Waals surface area (Å²) in [7, 11) is 0. The summed E-state index contributed by atoms with van der Waals surface area (Å²) < 4.78 is 1.97. The molecular formula is C21H15N3. The summed E-state index contributed by atoms with van der Waals surface area (Å²) in [6.07, 6.45) is 0. The van der Waals surface area contributed by atoms with Gasteiger partial charge < -0.3 is 0 Å². The second kappa shape index (κ2) is 4.90. The summed E-state index contributed by atoms with van der Waals surface area (Å²) in [5.41, 5.74) is 7.41. The molecule has 0 saturated carbocycles. The van der Waals surface area contributed by atoms with Crippen molar-refractivity contribution >= 4 is 27.6 Å². The lowest BCUT2D eigenvalue weighted by Crippen LogP contribution is -1.97. The summed E-state index contributed by atoms with van der Waals surface area (Å²) in [5.74, 6) is 0. The lowest BCUT2D eigenvalue weighted by atomic mass is 10.0. The van der Waals surface area contributed by atoms with Crippen LogP contribution in [0.25, 0.3) is 38.7 Å². The van der Waals surface area contributed by atoms with E-state index in [1.54, 1.807) is 0 Å².